The van der Waals surface area contributed by atoms with E-state index in [4.69, 9.17) is 14.2 Å². The zero-order chi connectivity index (χ0) is 21.0. The van der Waals surface area contributed by atoms with Crippen LogP contribution in [0.2, 0.25) is 0 Å². The average Bonchev–Trinajstić information content (AvgIpc) is 3.14. The van der Waals surface area contributed by atoms with E-state index < -0.39 is 11.3 Å². The molecule has 0 aliphatic carbocycles. The van der Waals surface area contributed by atoms with E-state index in [1.807, 2.05) is 26.0 Å². The van der Waals surface area contributed by atoms with E-state index >= 15 is 0 Å². The molecule has 2 aromatic carbocycles. The van der Waals surface area contributed by atoms with Gasteiger partial charge in [0.25, 0.3) is 0 Å². The highest BCUT2D eigenvalue weighted by molar-refractivity contribution is 6.09. The van der Waals surface area contributed by atoms with Crippen molar-refractivity contribution in [1.29, 1.82) is 0 Å². The Bertz CT molecular complexity index is 891. The van der Waals surface area contributed by atoms with Crippen molar-refractivity contribution in [1.82, 2.24) is 5.32 Å². The summed E-state index contributed by atoms with van der Waals surface area (Å²) in [5.74, 6) is 1.30. The molecule has 0 spiro atoms. The second kappa shape index (κ2) is 8.43. The third kappa shape index (κ3) is 4.99. The number of rotatable bonds is 7. The molecule has 1 aliphatic heterocycles. The fraction of sp³-hybridized carbons (Fsp3) is 0.364. The Morgan fingerprint density at radius 2 is 1.72 bits per heavy atom. The van der Waals surface area contributed by atoms with Crippen LogP contribution >= 0.6 is 0 Å². The number of amides is 2. The minimum atomic E-state index is -1.25. The number of ether oxygens (including phenoxy) is 3. The highest BCUT2D eigenvalue weighted by Gasteiger charge is 2.36. The number of anilines is 1. The Morgan fingerprint density at radius 1 is 1.03 bits per heavy atom. The van der Waals surface area contributed by atoms with E-state index in [0.717, 1.165) is 11.3 Å². The van der Waals surface area contributed by atoms with Crippen LogP contribution in [0.3, 0.4) is 0 Å². The maximum Gasteiger partial charge on any atom is 0.239 e. The average molecular weight is 398 g/mol. The van der Waals surface area contributed by atoms with Crippen molar-refractivity contribution in [2.75, 3.05) is 12.1 Å². The summed E-state index contributed by atoms with van der Waals surface area (Å²) in [7, 11) is 0. The first-order valence-corrected chi connectivity index (χ1v) is 9.50. The maximum atomic E-state index is 12.7. The molecule has 7 nitrogen and oxygen atoms in total. The van der Waals surface area contributed by atoms with Crippen molar-refractivity contribution >= 4 is 17.5 Å². The summed E-state index contributed by atoms with van der Waals surface area (Å²) in [5.41, 5.74) is 0.214. The molecule has 29 heavy (non-hydrogen) atoms. The normalized spacial score (nSPS) is 12.6. The summed E-state index contributed by atoms with van der Waals surface area (Å²) >= 11 is 0. The van der Waals surface area contributed by atoms with Crippen molar-refractivity contribution in [3.05, 3.63) is 48.0 Å². The van der Waals surface area contributed by atoms with Crippen LogP contribution in [-0.4, -0.2) is 24.7 Å². The highest BCUT2D eigenvalue weighted by atomic mass is 16.7. The second-order valence-corrected chi connectivity index (χ2v) is 7.64. The molecule has 0 unspecified atom stereocenters. The van der Waals surface area contributed by atoms with Crippen LogP contribution < -0.4 is 24.8 Å². The second-order valence-electron chi connectivity index (χ2n) is 7.64. The largest absolute Gasteiger partial charge is 0.491 e. The number of hydrogen-bond donors (Lipinski definition) is 2. The maximum absolute atomic E-state index is 12.7. The predicted octanol–water partition coefficient (Wildman–Crippen LogP) is 3.48. The number of hydrogen-bond acceptors (Lipinski definition) is 5. The minimum Gasteiger partial charge on any atom is -0.491 e. The number of carbonyl (C=O) groups is 2. The fourth-order valence-electron chi connectivity index (χ4n) is 2.73. The zero-order valence-electron chi connectivity index (χ0n) is 17.1. The molecule has 0 bridgehead atoms. The summed E-state index contributed by atoms with van der Waals surface area (Å²) in [6.45, 7) is 7.55. The molecule has 2 amide bonds. The standard InChI is InChI=1S/C22H26N2O5/c1-14(2)29-17-8-6-16(7-9-17)24-21(26)22(3,4)20(25)23-12-15-5-10-18-19(11-15)28-13-27-18/h5-11,14H,12-13H2,1-4H3,(H,23,25)(H,24,26). The van der Waals surface area contributed by atoms with Gasteiger partial charge in [0.2, 0.25) is 18.6 Å². The molecule has 1 heterocycles. The topological polar surface area (TPSA) is 85.9 Å². The molecule has 0 aromatic heterocycles. The molecule has 1 aliphatic rings. The van der Waals surface area contributed by atoms with Gasteiger partial charge >= 0.3 is 0 Å². The van der Waals surface area contributed by atoms with E-state index in [-0.39, 0.29) is 25.3 Å². The van der Waals surface area contributed by atoms with Gasteiger partial charge in [-0.3, -0.25) is 9.59 Å². The lowest BCUT2D eigenvalue weighted by atomic mass is 9.90. The Hall–Kier alpha value is -3.22. The van der Waals surface area contributed by atoms with Gasteiger partial charge in [0, 0.05) is 12.2 Å². The number of benzene rings is 2. The third-order valence-corrected chi connectivity index (χ3v) is 4.51. The molecule has 7 heteroatoms. The summed E-state index contributed by atoms with van der Waals surface area (Å²) in [5, 5.41) is 5.60. The molecule has 154 valence electrons. The van der Waals surface area contributed by atoms with Crippen molar-refractivity contribution < 1.29 is 23.8 Å². The zero-order valence-corrected chi connectivity index (χ0v) is 17.1. The lowest BCUT2D eigenvalue weighted by Crippen LogP contribution is -2.44. The van der Waals surface area contributed by atoms with Gasteiger partial charge in [-0.05, 0) is 69.7 Å². The van der Waals surface area contributed by atoms with E-state index in [0.29, 0.717) is 17.2 Å². The molecule has 0 radical (unpaired) electrons. The first-order valence-electron chi connectivity index (χ1n) is 9.50. The Labute approximate surface area is 170 Å². The van der Waals surface area contributed by atoms with Crippen molar-refractivity contribution in [2.45, 2.75) is 40.3 Å². The van der Waals surface area contributed by atoms with E-state index in [9.17, 15) is 9.59 Å². The quantitative estimate of drug-likeness (QED) is 0.698. The molecule has 0 saturated carbocycles. The number of fused-ring (bicyclic) bond motifs is 1. The van der Waals surface area contributed by atoms with E-state index in [1.54, 1.807) is 44.2 Å². The van der Waals surface area contributed by atoms with Gasteiger partial charge in [0.1, 0.15) is 11.2 Å². The van der Waals surface area contributed by atoms with Crippen molar-refractivity contribution in [3.63, 3.8) is 0 Å². The third-order valence-electron chi connectivity index (χ3n) is 4.51. The van der Waals surface area contributed by atoms with Crippen LogP contribution in [0.15, 0.2) is 42.5 Å². The predicted molar refractivity (Wildman–Crippen MR) is 109 cm³/mol. The Kier molecular flexibility index (Phi) is 5.96. The van der Waals surface area contributed by atoms with Crippen molar-refractivity contribution in [3.8, 4) is 17.2 Å². The summed E-state index contributed by atoms with van der Waals surface area (Å²) in [4.78, 5) is 25.3. The van der Waals surface area contributed by atoms with Crippen LogP contribution in [0.1, 0.15) is 33.3 Å². The molecule has 2 aromatic rings. The lowest BCUT2D eigenvalue weighted by Gasteiger charge is -2.23. The molecular weight excluding hydrogens is 372 g/mol. The smallest absolute Gasteiger partial charge is 0.239 e. The van der Waals surface area contributed by atoms with Gasteiger partial charge < -0.3 is 24.8 Å². The highest BCUT2D eigenvalue weighted by Crippen LogP contribution is 2.32. The SMILES string of the molecule is CC(C)Oc1ccc(NC(=O)C(C)(C)C(=O)NCc2ccc3c(c2)OCO3)cc1. The van der Waals surface area contributed by atoms with Crippen LogP contribution in [0, 0.1) is 5.41 Å². The van der Waals surface area contributed by atoms with Crippen LogP contribution in [-0.2, 0) is 16.1 Å². The number of carbonyl (C=O) groups excluding carboxylic acids is 2. The fourth-order valence-corrected chi connectivity index (χ4v) is 2.73. The number of nitrogens with one attached hydrogen (secondary N) is 2. The van der Waals surface area contributed by atoms with Gasteiger partial charge in [-0.1, -0.05) is 6.07 Å². The van der Waals surface area contributed by atoms with Crippen LogP contribution in [0.5, 0.6) is 17.2 Å². The van der Waals surface area contributed by atoms with Gasteiger partial charge in [0.05, 0.1) is 6.10 Å². The van der Waals surface area contributed by atoms with Gasteiger partial charge in [-0.15, -0.1) is 0 Å². The molecule has 3 rings (SSSR count). The monoisotopic (exact) mass is 398 g/mol. The van der Waals surface area contributed by atoms with Crippen molar-refractivity contribution in [2.24, 2.45) is 5.41 Å². The summed E-state index contributed by atoms with van der Waals surface area (Å²) in [6.07, 6.45) is 0.0721. The minimum absolute atomic E-state index is 0.0721. The molecule has 0 saturated heterocycles. The van der Waals surface area contributed by atoms with Gasteiger partial charge in [0.15, 0.2) is 11.5 Å². The van der Waals surface area contributed by atoms with Gasteiger partial charge in [-0.2, -0.15) is 0 Å². The molecule has 0 fully saturated rings. The summed E-state index contributed by atoms with van der Waals surface area (Å²) < 4.78 is 16.2. The molecule has 2 N–H and O–H groups in total. The first kappa shape index (κ1) is 20.5. The first-order chi connectivity index (χ1) is 13.8. The molecular formula is C22H26N2O5. The van der Waals surface area contributed by atoms with E-state index in [2.05, 4.69) is 10.6 Å². The lowest BCUT2D eigenvalue weighted by molar-refractivity contribution is -0.138. The Morgan fingerprint density at radius 3 is 2.41 bits per heavy atom. The summed E-state index contributed by atoms with van der Waals surface area (Å²) in [6, 6.07) is 12.5. The van der Waals surface area contributed by atoms with Gasteiger partial charge in [-0.25, -0.2) is 0 Å². The Balaban J connectivity index is 1.57. The molecule has 0 atom stereocenters. The van der Waals surface area contributed by atoms with Crippen LogP contribution in [0.25, 0.3) is 0 Å². The van der Waals surface area contributed by atoms with E-state index in [1.165, 1.54) is 0 Å². The van der Waals surface area contributed by atoms with Crippen LogP contribution in [0.4, 0.5) is 5.69 Å².